The third-order valence-corrected chi connectivity index (χ3v) is 5.63. The smallest absolute Gasteiger partial charge is 0.251 e. The van der Waals surface area contributed by atoms with Gasteiger partial charge in [0.15, 0.2) is 0 Å². The van der Waals surface area contributed by atoms with Crippen LogP contribution in [0.3, 0.4) is 0 Å². The number of carbonyl (C=O) groups is 1. The molecule has 0 radical (unpaired) electrons. The van der Waals surface area contributed by atoms with Gasteiger partial charge in [-0.1, -0.05) is 41.9 Å². The minimum atomic E-state index is -3.86. The van der Waals surface area contributed by atoms with Gasteiger partial charge in [-0.3, -0.25) is 4.79 Å². The number of amides is 1. The highest BCUT2D eigenvalue weighted by molar-refractivity contribution is 7.89. The van der Waals surface area contributed by atoms with Gasteiger partial charge in [0, 0.05) is 31.9 Å². The lowest BCUT2D eigenvalue weighted by Crippen LogP contribution is -2.27. The Morgan fingerprint density at radius 3 is 2.59 bits per heavy atom. The van der Waals surface area contributed by atoms with E-state index in [1.54, 1.807) is 0 Å². The zero-order chi connectivity index (χ0) is 19.7. The summed E-state index contributed by atoms with van der Waals surface area (Å²) in [5.74, 6) is -0.359. The van der Waals surface area contributed by atoms with Crippen LogP contribution >= 0.6 is 11.6 Å². The van der Waals surface area contributed by atoms with Crippen LogP contribution < -0.4 is 10.0 Å². The first-order valence-corrected chi connectivity index (χ1v) is 10.5. The number of benzene rings is 2. The van der Waals surface area contributed by atoms with Crippen LogP contribution in [0, 0.1) is 0 Å². The summed E-state index contributed by atoms with van der Waals surface area (Å²) in [7, 11) is -3.86. The molecule has 2 aromatic carbocycles. The number of ether oxygens (including phenoxy) is 1. The van der Waals surface area contributed by atoms with E-state index in [0.29, 0.717) is 26.2 Å². The van der Waals surface area contributed by atoms with Crippen molar-refractivity contribution in [1.82, 2.24) is 10.0 Å². The molecule has 6 nitrogen and oxygen atoms in total. The number of halogens is 1. The molecule has 2 N–H and O–H groups in total. The fourth-order valence-corrected chi connectivity index (χ4v) is 3.87. The van der Waals surface area contributed by atoms with Crippen molar-refractivity contribution in [3.63, 3.8) is 0 Å². The Hall–Kier alpha value is -1.93. The van der Waals surface area contributed by atoms with Crippen molar-refractivity contribution < 1.29 is 17.9 Å². The Bertz CT molecular complexity index is 857. The number of hydrogen-bond donors (Lipinski definition) is 2. The zero-order valence-electron chi connectivity index (χ0n) is 15.1. The Morgan fingerprint density at radius 1 is 1.15 bits per heavy atom. The van der Waals surface area contributed by atoms with Gasteiger partial charge in [-0.2, -0.15) is 0 Å². The van der Waals surface area contributed by atoms with Crippen LogP contribution in [0.1, 0.15) is 29.3 Å². The zero-order valence-corrected chi connectivity index (χ0v) is 16.6. The summed E-state index contributed by atoms with van der Waals surface area (Å²) in [5, 5.41) is 2.80. The maximum absolute atomic E-state index is 12.6. The van der Waals surface area contributed by atoms with Gasteiger partial charge in [0.25, 0.3) is 5.91 Å². The van der Waals surface area contributed by atoms with E-state index in [1.807, 2.05) is 37.3 Å². The van der Waals surface area contributed by atoms with Crippen molar-refractivity contribution in [2.45, 2.75) is 24.8 Å². The van der Waals surface area contributed by atoms with Crippen molar-refractivity contribution >= 4 is 27.5 Å². The molecule has 0 saturated heterocycles. The summed E-state index contributed by atoms with van der Waals surface area (Å²) in [4.78, 5) is 12.1. The number of nitrogens with one attached hydrogen (secondary N) is 2. The molecule has 2 rings (SSSR count). The summed E-state index contributed by atoms with van der Waals surface area (Å²) in [5.41, 5.74) is 1.05. The van der Waals surface area contributed by atoms with Crippen LogP contribution in [0.15, 0.2) is 53.4 Å². The molecular formula is C19H23ClN2O4S. The largest absolute Gasteiger partial charge is 0.382 e. The van der Waals surface area contributed by atoms with Crippen molar-refractivity contribution in [1.29, 1.82) is 0 Å². The third kappa shape index (κ3) is 6.62. The second kappa shape index (κ2) is 10.4. The molecule has 0 heterocycles. The lowest BCUT2D eigenvalue weighted by Gasteiger charge is -2.11. The van der Waals surface area contributed by atoms with Crippen LogP contribution in [0.25, 0.3) is 0 Å². The monoisotopic (exact) mass is 410 g/mol. The van der Waals surface area contributed by atoms with Crippen molar-refractivity contribution in [2.24, 2.45) is 0 Å². The van der Waals surface area contributed by atoms with Gasteiger partial charge in [0.2, 0.25) is 10.0 Å². The summed E-state index contributed by atoms with van der Waals surface area (Å²) in [6.45, 7) is 3.66. The van der Waals surface area contributed by atoms with E-state index in [2.05, 4.69) is 10.0 Å². The number of carbonyl (C=O) groups excluding carboxylic acids is 1. The van der Waals surface area contributed by atoms with E-state index >= 15 is 0 Å². The molecule has 0 aliphatic carbocycles. The SMILES string of the molecule is CCOCCCNC(=O)c1ccc(Cl)c(S(=O)(=O)NCc2ccccc2)c1. The Labute approximate surface area is 164 Å². The standard InChI is InChI=1S/C19H23ClN2O4S/c1-2-26-12-6-11-21-19(23)16-9-10-17(20)18(13-16)27(24,25)22-14-15-7-4-3-5-8-15/h3-5,7-10,13,22H,2,6,11-12,14H2,1H3,(H,21,23). The van der Waals surface area contributed by atoms with Gasteiger partial charge in [-0.15, -0.1) is 0 Å². The first-order valence-electron chi connectivity index (χ1n) is 8.63. The second-order valence-corrected chi connectivity index (χ2v) is 7.90. The van der Waals surface area contributed by atoms with E-state index in [-0.39, 0.29) is 27.9 Å². The number of sulfonamides is 1. The quantitative estimate of drug-likeness (QED) is 0.590. The van der Waals surface area contributed by atoms with E-state index in [1.165, 1.54) is 18.2 Å². The Morgan fingerprint density at radius 2 is 1.89 bits per heavy atom. The number of hydrogen-bond acceptors (Lipinski definition) is 4. The van der Waals surface area contributed by atoms with E-state index < -0.39 is 10.0 Å². The van der Waals surface area contributed by atoms with Gasteiger partial charge in [0.05, 0.1) is 5.02 Å². The maximum Gasteiger partial charge on any atom is 0.251 e. The first-order chi connectivity index (χ1) is 12.9. The molecule has 0 aliphatic rings. The summed E-state index contributed by atoms with van der Waals surface area (Å²) >= 11 is 6.06. The molecule has 0 bridgehead atoms. The molecule has 0 aromatic heterocycles. The van der Waals surface area contributed by atoms with Crippen LogP contribution in [0.4, 0.5) is 0 Å². The van der Waals surface area contributed by atoms with Gasteiger partial charge < -0.3 is 10.1 Å². The highest BCUT2D eigenvalue weighted by Gasteiger charge is 2.20. The topological polar surface area (TPSA) is 84.5 Å². The second-order valence-electron chi connectivity index (χ2n) is 5.76. The van der Waals surface area contributed by atoms with Gasteiger partial charge >= 0.3 is 0 Å². The lowest BCUT2D eigenvalue weighted by atomic mass is 10.2. The Kier molecular flexibility index (Phi) is 8.24. The van der Waals surface area contributed by atoms with Crippen LogP contribution in [-0.4, -0.2) is 34.1 Å². The van der Waals surface area contributed by atoms with E-state index in [9.17, 15) is 13.2 Å². The molecule has 27 heavy (non-hydrogen) atoms. The molecule has 2 aromatic rings. The van der Waals surface area contributed by atoms with E-state index in [0.717, 1.165) is 5.56 Å². The molecule has 8 heteroatoms. The van der Waals surface area contributed by atoms with Crippen LogP contribution in [0.2, 0.25) is 5.02 Å². The predicted octanol–water partition coefficient (Wildman–Crippen LogP) is 2.97. The molecular weight excluding hydrogens is 388 g/mol. The van der Waals surface area contributed by atoms with E-state index in [4.69, 9.17) is 16.3 Å². The van der Waals surface area contributed by atoms with Crippen molar-refractivity contribution in [3.05, 3.63) is 64.7 Å². The molecule has 0 atom stereocenters. The van der Waals surface area contributed by atoms with Crippen LogP contribution in [0.5, 0.6) is 0 Å². The predicted molar refractivity (Wildman–Crippen MR) is 105 cm³/mol. The molecule has 146 valence electrons. The fourth-order valence-electron chi connectivity index (χ4n) is 2.33. The van der Waals surface area contributed by atoms with Gasteiger partial charge in [-0.05, 0) is 37.1 Å². The fraction of sp³-hybridized carbons (Fsp3) is 0.316. The average molecular weight is 411 g/mol. The van der Waals surface area contributed by atoms with Crippen molar-refractivity contribution in [3.8, 4) is 0 Å². The molecule has 0 aliphatic heterocycles. The third-order valence-electron chi connectivity index (χ3n) is 3.75. The normalized spacial score (nSPS) is 11.3. The average Bonchev–Trinajstić information content (AvgIpc) is 2.67. The van der Waals surface area contributed by atoms with Gasteiger partial charge in [0.1, 0.15) is 4.90 Å². The highest BCUT2D eigenvalue weighted by Crippen LogP contribution is 2.23. The summed E-state index contributed by atoms with van der Waals surface area (Å²) < 4.78 is 32.9. The van der Waals surface area contributed by atoms with Crippen molar-refractivity contribution in [2.75, 3.05) is 19.8 Å². The maximum atomic E-state index is 12.6. The molecule has 0 saturated carbocycles. The highest BCUT2D eigenvalue weighted by atomic mass is 35.5. The molecule has 0 fully saturated rings. The molecule has 0 spiro atoms. The van der Waals surface area contributed by atoms with Crippen LogP contribution in [-0.2, 0) is 21.3 Å². The summed E-state index contributed by atoms with van der Waals surface area (Å²) in [6.07, 6.45) is 0.678. The molecule has 0 unspecified atom stereocenters. The minimum Gasteiger partial charge on any atom is -0.382 e. The minimum absolute atomic E-state index is 0.0588. The first kappa shape index (κ1) is 21.4. The molecule has 1 amide bonds. The lowest BCUT2D eigenvalue weighted by molar-refractivity contribution is 0.0944. The number of rotatable bonds is 10. The Balaban J connectivity index is 2.05. The van der Waals surface area contributed by atoms with Gasteiger partial charge in [-0.25, -0.2) is 13.1 Å². The summed E-state index contributed by atoms with van der Waals surface area (Å²) in [6, 6.07) is 13.3.